The Bertz CT molecular complexity index is 388. The van der Waals surface area contributed by atoms with Crippen molar-refractivity contribution < 1.29 is 4.79 Å². The Morgan fingerprint density at radius 1 is 1.39 bits per heavy atom. The molecule has 0 aliphatic rings. The molecule has 1 amide bonds. The molecular formula is C13H22N4O. The number of hydrogen-bond acceptors (Lipinski definition) is 4. The molecule has 0 radical (unpaired) electrons. The third-order valence-corrected chi connectivity index (χ3v) is 2.90. The molecule has 100 valence electrons. The van der Waals surface area contributed by atoms with Crippen molar-refractivity contribution in [3.05, 3.63) is 18.0 Å². The summed E-state index contributed by atoms with van der Waals surface area (Å²) in [6.45, 7) is 4.52. The number of nitrogens with zero attached hydrogens (tertiary/aromatic N) is 3. The maximum Gasteiger partial charge on any atom is 0.225 e. The standard InChI is InChI=1S/C13H22N4O/c1-5-10(6-2)12(18)15-9-11-7-8-14-13(16-11)17(3)4/h7-8,10H,5-6,9H2,1-4H3,(H,15,18). The van der Waals surface area contributed by atoms with Gasteiger partial charge in [0.05, 0.1) is 12.2 Å². The topological polar surface area (TPSA) is 58.1 Å². The molecule has 0 aliphatic heterocycles. The first-order valence-electron chi connectivity index (χ1n) is 6.35. The maximum atomic E-state index is 11.8. The van der Waals surface area contributed by atoms with E-state index in [0.717, 1.165) is 18.5 Å². The summed E-state index contributed by atoms with van der Waals surface area (Å²) >= 11 is 0. The first-order chi connectivity index (χ1) is 8.58. The largest absolute Gasteiger partial charge is 0.350 e. The van der Waals surface area contributed by atoms with Crippen LogP contribution in [0.2, 0.25) is 0 Å². The quantitative estimate of drug-likeness (QED) is 0.833. The van der Waals surface area contributed by atoms with E-state index in [4.69, 9.17) is 0 Å². The molecule has 0 spiro atoms. The first-order valence-corrected chi connectivity index (χ1v) is 6.35. The molecule has 5 heteroatoms. The van der Waals surface area contributed by atoms with Gasteiger partial charge in [-0.2, -0.15) is 0 Å². The Labute approximate surface area is 109 Å². The molecule has 0 unspecified atom stereocenters. The summed E-state index contributed by atoms with van der Waals surface area (Å²) in [5.74, 6) is 0.856. The van der Waals surface area contributed by atoms with E-state index >= 15 is 0 Å². The van der Waals surface area contributed by atoms with Crippen molar-refractivity contribution in [1.29, 1.82) is 0 Å². The van der Waals surface area contributed by atoms with Crippen molar-refractivity contribution in [2.45, 2.75) is 33.2 Å². The fraction of sp³-hybridized carbons (Fsp3) is 0.615. The third kappa shape index (κ3) is 3.98. The minimum absolute atomic E-state index is 0.0974. The first kappa shape index (κ1) is 14.4. The lowest BCUT2D eigenvalue weighted by atomic mass is 10.0. The van der Waals surface area contributed by atoms with Crippen LogP contribution in [0.4, 0.5) is 5.95 Å². The molecule has 1 rings (SSSR count). The summed E-state index contributed by atoms with van der Waals surface area (Å²) in [5.41, 5.74) is 0.827. The highest BCUT2D eigenvalue weighted by atomic mass is 16.1. The van der Waals surface area contributed by atoms with Gasteiger partial charge in [-0.1, -0.05) is 13.8 Å². The van der Waals surface area contributed by atoms with Crippen LogP contribution in [0.15, 0.2) is 12.3 Å². The zero-order valence-electron chi connectivity index (χ0n) is 11.6. The lowest BCUT2D eigenvalue weighted by Crippen LogP contribution is -2.30. The van der Waals surface area contributed by atoms with Crippen LogP contribution in [-0.4, -0.2) is 30.0 Å². The molecule has 0 bridgehead atoms. The molecule has 0 saturated heterocycles. The number of aromatic nitrogens is 2. The Morgan fingerprint density at radius 3 is 2.61 bits per heavy atom. The second kappa shape index (κ2) is 6.93. The van der Waals surface area contributed by atoms with Crippen molar-refractivity contribution in [3.8, 4) is 0 Å². The fourth-order valence-corrected chi connectivity index (χ4v) is 1.68. The van der Waals surface area contributed by atoms with Gasteiger partial charge in [0.1, 0.15) is 0 Å². The lowest BCUT2D eigenvalue weighted by Gasteiger charge is -2.14. The molecule has 5 nitrogen and oxygen atoms in total. The summed E-state index contributed by atoms with van der Waals surface area (Å²) in [5, 5.41) is 2.92. The van der Waals surface area contributed by atoms with E-state index in [-0.39, 0.29) is 11.8 Å². The number of carbonyl (C=O) groups is 1. The highest BCUT2D eigenvalue weighted by molar-refractivity contribution is 5.78. The zero-order valence-corrected chi connectivity index (χ0v) is 11.6. The van der Waals surface area contributed by atoms with Gasteiger partial charge in [0, 0.05) is 26.2 Å². The number of anilines is 1. The van der Waals surface area contributed by atoms with Crippen molar-refractivity contribution >= 4 is 11.9 Å². The molecule has 1 aromatic rings. The van der Waals surface area contributed by atoms with Gasteiger partial charge >= 0.3 is 0 Å². The van der Waals surface area contributed by atoms with Crippen LogP contribution >= 0.6 is 0 Å². The van der Waals surface area contributed by atoms with E-state index in [9.17, 15) is 4.79 Å². The highest BCUT2D eigenvalue weighted by Gasteiger charge is 2.13. The van der Waals surface area contributed by atoms with Gasteiger partial charge in [0.2, 0.25) is 11.9 Å². The maximum absolute atomic E-state index is 11.8. The molecule has 0 fully saturated rings. The van der Waals surface area contributed by atoms with E-state index in [1.54, 1.807) is 6.20 Å². The summed E-state index contributed by atoms with van der Waals surface area (Å²) in [6, 6.07) is 1.82. The summed E-state index contributed by atoms with van der Waals surface area (Å²) in [4.78, 5) is 22.2. The summed E-state index contributed by atoms with van der Waals surface area (Å²) in [7, 11) is 3.78. The molecular weight excluding hydrogens is 228 g/mol. The van der Waals surface area contributed by atoms with Crippen molar-refractivity contribution in [3.63, 3.8) is 0 Å². The van der Waals surface area contributed by atoms with Crippen LogP contribution in [-0.2, 0) is 11.3 Å². The van der Waals surface area contributed by atoms with Crippen LogP contribution in [0, 0.1) is 5.92 Å². The molecule has 0 aliphatic carbocycles. The molecule has 0 aromatic carbocycles. The number of amides is 1. The number of rotatable bonds is 6. The zero-order chi connectivity index (χ0) is 13.5. The van der Waals surface area contributed by atoms with Gasteiger partial charge in [-0.05, 0) is 18.9 Å². The van der Waals surface area contributed by atoms with Gasteiger partial charge in [-0.15, -0.1) is 0 Å². The second-order valence-electron chi connectivity index (χ2n) is 4.47. The van der Waals surface area contributed by atoms with Gasteiger partial charge < -0.3 is 10.2 Å². The molecule has 0 atom stereocenters. The third-order valence-electron chi connectivity index (χ3n) is 2.90. The summed E-state index contributed by atoms with van der Waals surface area (Å²) < 4.78 is 0. The van der Waals surface area contributed by atoms with Crippen molar-refractivity contribution in [2.75, 3.05) is 19.0 Å². The normalized spacial score (nSPS) is 10.5. The van der Waals surface area contributed by atoms with Crippen molar-refractivity contribution in [2.24, 2.45) is 5.92 Å². The summed E-state index contributed by atoms with van der Waals surface area (Å²) in [6.07, 6.45) is 3.45. The second-order valence-corrected chi connectivity index (χ2v) is 4.47. The Balaban J connectivity index is 2.58. The lowest BCUT2D eigenvalue weighted by molar-refractivity contribution is -0.125. The van der Waals surface area contributed by atoms with E-state index in [1.807, 2.05) is 38.9 Å². The molecule has 1 aromatic heterocycles. The van der Waals surface area contributed by atoms with E-state index in [1.165, 1.54) is 0 Å². The average Bonchev–Trinajstić information content (AvgIpc) is 2.38. The van der Waals surface area contributed by atoms with Crippen LogP contribution in [0.5, 0.6) is 0 Å². The minimum atomic E-state index is 0.0974. The van der Waals surface area contributed by atoms with Crippen LogP contribution in [0.25, 0.3) is 0 Å². The van der Waals surface area contributed by atoms with E-state index < -0.39 is 0 Å². The number of carbonyl (C=O) groups excluding carboxylic acids is 1. The smallest absolute Gasteiger partial charge is 0.225 e. The van der Waals surface area contributed by atoms with Crippen molar-refractivity contribution in [1.82, 2.24) is 15.3 Å². The van der Waals surface area contributed by atoms with E-state index in [0.29, 0.717) is 12.5 Å². The predicted octanol–water partition coefficient (Wildman–Crippen LogP) is 1.59. The molecule has 18 heavy (non-hydrogen) atoms. The fourth-order valence-electron chi connectivity index (χ4n) is 1.68. The monoisotopic (exact) mass is 250 g/mol. The van der Waals surface area contributed by atoms with Crippen LogP contribution in [0.1, 0.15) is 32.4 Å². The Morgan fingerprint density at radius 2 is 2.06 bits per heavy atom. The van der Waals surface area contributed by atoms with Gasteiger partial charge in [0.15, 0.2) is 0 Å². The Kier molecular flexibility index (Phi) is 5.55. The number of hydrogen-bond donors (Lipinski definition) is 1. The predicted molar refractivity (Wildman–Crippen MR) is 72.3 cm³/mol. The van der Waals surface area contributed by atoms with Gasteiger partial charge in [0.25, 0.3) is 0 Å². The van der Waals surface area contributed by atoms with Crippen LogP contribution < -0.4 is 10.2 Å². The van der Waals surface area contributed by atoms with E-state index in [2.05, 4.69) is 15.3 Å². The van der Waals surface area contributed by atoms with Crippen LogP contribution in [0.3, 0.4) is 0 Å². The molecule has 1 heterocycles. The molecule has 1 N–H and O–H groups in total. The minimum Gasteiger partial charge on any atom is -0.350 e. The number of nitrogens with one attached hydrogen (secondary N) is 1. The SMILES string of the molecule is CCC(CC)C(=O)NCc1ccnc(N(C)C)n1. The molecule has 0 saturated carbocycles. The van der Waals surface area contributed by atoms with Gasteiger partial charge in [-0.3, -0.25) is 4.79 Å². The highest BCUT2D eigenvalue weighted by Crippen LogP contribution is 2.08. The van der Waals surface area contributed by atoms with Gasteiger partial charge in [-0.25, -0.2) is 9.97 Å². The average molecular weight is 250 g/mol. The Hall–Kier alpha value is -1.65.